The normalized spacial score (nSPS) is 12.7. The summed E-state index contributed by atoms with van der Waals surface area (Å²) in [4.78, 5) is 10.5. The molecule has 8 rings (SSSR count). The van der Waals surface area contributed by atoms with Gasteiger partial charge in [-0.3, -0.25) is 4.98 Å². The maximum atomic E-state index is 5.36. The fourth-order valence-electron chi connectivity index (χ4n) is 6.80. The minimum atomic E-state index is 0.0396. The van der Waals surface area contributed by atoms with Crippen molar-refractivity contribution in [1.29, 1.82) is 0 Å². The minimum absolute atomic E-state index is 0.0396. The first-order valence-corrected chi connectivity index (χ1v) is 15.8. The third-order valence-electron chi connectivity index (χ3n) is 9.32. The third kappa shape index (κ3) is 4.41. The molecule has 2 heterocycles. The van der Waals surface area contributed by atoms with Crippen molar-refractivity contribution in [2.24, 2.45) is 0 Å². The van der Waals surface area contributed by atoms with E-state index in [2.05, 4.69) is 155 Å². The second-order valence-electron chi connectivity index (χ2n) is 14.4. The Morgan fingerprint density at radius 3 is 1.62 bits per heavy atom. The summed E-state index contributed by atoms with van der Waals surface area (Å²) in [5.41, 5.74) is 10.0. The number of benzene rings is 6. The second kappa shape index (κ2) is 9.74. The predicted octanol–water partition coefficient (Wildman–Crippen LogP) is 11.3. The molecule has 0 aliphatic carbocycles. The van der Waals surface area contributed by atoms with Gasteiger partial charge in [-0.05, 0) is 69.1 Å². The minimum Gasteiger partial charge on any atom is -0.309 e. The Kier molecular flexibility index (Phi) is 5.96. The van der Waals surface area contributed by atoms with Crippen LogP contribution in [0.3, 0.4) is 0 Å². The number of hydrogen-bond acceptors (Lipinski definition) is 2. The number of hydrogen-bond donors (Lipinski definition) is 0. The number of fused-ring (bicyclic) bond motifs is 9. The lowest BCUT2D eigenvalue weighted by Crippen LogP contribution is -2.11. The van der Waals surface area contributed by atoms with Crippen LogP contribution >= 0.6 is 0 Å². The van der Waals surface area contributed by atoms with E-state index in [4.69, 9.17) is 9.97 Å². The highest BCUT2D eigenvalue weighted by Crippen LogP contribution is 2.39. The van der Waals surface area contributed by atoms with Gasteiger partial charge in [-0.25, -0.2) is 4.98 Å². The zero-order valence-electron chi connectivity index (χ0n) is 26.8. The van der Waals surface area contributed by atoms with Gasteiger partial charge in [-0.1, -0.05) is 114 Å². The lowest BCUT2D eigenvalue weighted by atomic mass is 9.83. The summed E-state index contributed by atoms with van der Waals surface area (Å²) in [6.07, 6.45) is 1.94. The zero-order valence-corrected chi connectivity index (χ0v) is 26.8. The second-order valence-corrected chi connectivity index (χ2v) is 14.4. The van der Waals surface area contributed by atoms with Crippen LogP contribution < -0.4 is 0 Å². The highest BCUT2D eigenvalue weighted by molar-refractivity contribution is 6.23. The summed E-state index contributed by atoms with van der Waals surface area (Å²) in [6, 6.07) is 39.7. The smallest absolute Gasteiger partial charge is 0.0979 e. The molecule has 0 saturated carbocycles. The standard InChI is InChI=1S/C42H37N3/c1-41(2,3)27-18-20-32-34(23-27)35-24-28(42(4,5)6)19-21-33(35)40-39(32)43-25-36(44-40)26-12-11-13-29(22-26)45-37-16-9-7-14-30(37)31-15-8-10-17-38(31)45/h7-25H,1-6H3. The van der Waals surface area contributed by atoms with Gasteiger partial charge in [-0.2, -0.15) is 0 Å². The van der Waals surface area contributed by atoms with Crippen molar-refractivity contribution in [2.45, 2.75) is 52.4 Å². The summed E-state index contributed by atoms with van der Waals surface area (Å²) in [5.74, 6) is 0. The predicted molar refractivity (Wildman–Crippen MR) is 192 cm³/mol. The molecule has 8 aromatic rings. The van der Waals surface area contributed by atoms with Crippen molar-refractivity contribution >= 4 is 54.4 Å². The van der Waals surface area contributed by atoms with E-state index >= 15 is 0 Å². The number of rotatable bonds is 2. The lowest BCUT2D eigenvalue weighted by molar-refractivity contribution is 0.590. The van der Waals surface area contributed by atoms with Gasteiger partial charge in [0.2, 0.25) is 0 Å². The van der Waals surface area contributed by atoms with E-state index in [9.17, 15) is 0 Å². The Morgan fingerprint density at radius 2 is 1.04 bits per heavy atom. The zero-order chi connectivity index (χ0) is 31.1. The molecule has 0 aliphatic heterocycles. The van der Waals surface area contributed by atoms with E-state index in [-0.39, 0.29) is 10.8 Å². The fourth-order valence-corrected chi connectivity index (χ4v) is 6.80. The van der Waals surface area contributed by atoms with Crippen molar-refractivity contribution in [3.63, 3.8) is 0 Å². The van der Waals surface area contributed by atoms with E-state index in [1.807, 2.05) is 6.20 Å². The highest BCUT2D eigenvalue weighted by Gasteiger charge is 2.20. The molecule has 0 N–H and O–H groups in total. The van der Waals surface area contributed by atoms with Crippen molar-refractivity contribution < 1.29 is 0 Å². The summed E-state index contributed by atoms with van der Waals surface area (Å²) in [5, 5.41) is 7.28. The van der Waals surface area contributed by atoms with Gasteiger partial charge in [0.05, 0.1) is 34.0 Å². The molecular formula is C42H37N3. The largest absolute Gasteiger partial charge is 0.309 e. The number of para-hydroxylation sites is 2. The van der Waals surface area contributed by atoms with E-state index in [1.165, 1.54) is 43.7 Å². The third-order valence-corrected chi connectivity index (χ3v) is 9.32. The van der Waals surface area contributed by atoms with Gasteiger partial charge in [0, 0.05) is 32.8 Å². The molecule has 0 radical (unpaired) electrons. The molecule has 0 bridgehead atoms. The Bertz CT molecular complexity index is 2400. The number of aromatic nitrogens is 3. The molecule has 0 spiro atoms. The molecule has 220 valence electrons. The molecule has 45 heavy (non-hydrogen) atoms. The molecule has 0 atom stereocenters. The van der Waals surface area contributed by atoms with Crippen LogP contribution in [0.5, 0.6) is 0 Å². The van der Waals surface area contributed by atoms with E-state index in [1.54, 1.807) is 0 Å². The molecule has 3 heteroatoms. The van der Waals surface area contributed by atoms with Gasteiger partial charge in [0.25, 0.3) is 0 Å². The highest BCUT2D eigenvalue weighted by atomic mass is 15.0. The molecular weight excluding hydrogens is 546 g/mol. The monoisotopic (exact) mass is 583 g/mol. The van der Waals surface area contributed by atoms with Crippen LogP contribution in [0.1, 0.15) is 52.7 Å². The molecule has 0 amide bonds. The van der Waals surface area contributed by atoms with Crippen LogP contribution in [-0.4, -0.2) is 14.5 Å². The van der Waals surface area contributed by atoms with Gasteiger partial charge in [-0.15, -0.1) is 0 Å². The molecule has 2 aromatic heterocycles. The van der Waals surface area contributed by atoms with Gasteiger partial charge >= 0.3 is 0 Å². The summed E-state index contributed by atoms with van der Waals surface area (Å²) < 4.78 is 2.35. The van der Waals surface area contributed by atoms with Crippen molar-refractivity contribution in [3.05, 3.63) is 127 Å². The first kappa shape index (κ1) is 27.5. The Hall–Kier alpha value is -5.02. The summed E-state index contributed by atoms with van der Waals surface area (Å²) in [7, 11) is 0. The van der Waals surface area contributed by atoms with Crippen LogP contribution in [-0.2, 0) is 10.8 Å². The van der Waals surface area contributed by atoms with Gasteiger partial charge in [0.15, 0.2) is 0 Å². The molecule has 0 saturated heterocycles. The SMILES string of the molecule is CC(C)(C)c1ccc2c(c1)c1cc(C(C)(C)C)ccc1c1nc(-c3cccc(-n4c5ccccc5c5ccccc54)c3)cnc21. The summed E-state index contributed by atoms with van der Waals surface area (Å²) in [6.45, 7) is 13.7. The van der Waals surface area contributed by atoms with Crippen LogP contribution in [0.4, 0.5) is 0 Å². The van der Waals surface area contributed by atoms with Gasteiger partial charge < -0.3 is 4.57 Å². The average molecular weight is 584 g/mol. The quantitative estimate of drug-likeness (QED) is 0.190. The number of nitrogens with zero attached hydrogens (tertiary/aromatic N) is 3. The van der Waals surface area contributed by atoms with Crippen LogP contribution in [0, 0.1) is 0 Å². The average Bonchev–Trinajstić information content (AvgIpc) is 3.38. The van der Waals surface area contributed by atoms with E-state index < -0.39 is 0 Å². The summed E-state index contributed by atoms with van der Waals surface area (Å²) >= 11 is 0. The lowest BCUT2D eigenvalue weighted by Gasteiger charge is -2.22. The Morgan fingerprint density at radius 1 is 0.489 bits per heavy atom. The Labute approximate surface area is 264 Å². The molecule has 0 aliphatic rings. The molecule has 6 aromatic carbocycles. The van der Waals surface area contributed by atoms with Crippen LogP contribution in [0.15, 0.2) is 115 Å². The van der Waals surface area contributed by atoms with Gasteiger partial charge in [0.1, 0.15) is 0 Å². The van der Waals surface area contributed by atoms with Crippen LogP contribution in [0.2, 0.25) is 0 Å². The topological polar surface area (TPSA) is 30.7 Å². The molecule has 3 nitrogen and oxygen atoms in total. The van der Waals surface area contributed by atoms with Crippen LogP contribution in [0.25, 0.3) is 71.3 Å². The molecule has 0 fully saturated rings. The van der Waals surface area contributed by atoms with Crippen molar-refractivity contribution in [1.82, 2.24) is 14.5 Å². The van der Waals surface area contributed by atoms with E-state index in [0.29, 0.717) is 0 Å². The Balaban J connectivity index is 1.37. The fraction of sp³-hybridized carbons (Fsp3) is 0.190. The first-order chi connectivity index (χ1) is 21.6. The van der Waals surface area contributed by atoms with Crippen molar-refractivity contribution in [3.8, 4) is 16.9 Å². The molecule has 0 unspecified atom stereocenters. The maximum Gasteiger partial charge on any atom is 0.0979 e. The van der Waals surface area contributed by atoms with E-state index in [0.717, 1.165) is 38.8 Å². The first-order valence-electron chi connectivity index (χ1n) is 15.8. The van der Waals surface area contributed by atoms with Crippen molar-refractivity contribution in [2.75, 3.05) is 0 Å². The maximum absolute atomic E-state index is 5.36.